The number of hydrogen-bond donors (Lipinski definition) is 1. The van der Waals surface area contributed by atoms with Crippen molar-refractivity contribution in [1.82, 2.24) is 5.32 Å². The van der Waals surface area contributed by atoms with Gasteiger partial charge in [0.2, 0.25) is 5.91 Å². The zero-order chi connectivity index (χ0) is 16.8. The van der Waals surface area contributed by atoms with Gasteiger partial charge in [0, 0.05) is 0 Å². The molecule has 0 fully saturated rings. The van der Waals surface area contributed by atoms with Gasteiger partial charge >= 0.3 is 0 Å². The van der Waals surface area contributed by atoms with Gasteiger partial charge in [0.05, 0.1) is 19.1 Å². The first-order chi connectivity index (χ1) is 11.0. The number of hydrogen-bond acceptors (Lipinski definition) is 2. The molecule has 1 N–H and O–H groups in total. The van der Waals surface area contributed by atoms with Crippen molar-refractivity contribution in [2.24, 2.45) is 0 Å². The predicted molar refractivity (Wildman–Crippen MR) is 84.2 cm³/mol. The van der Waals surface area contributed by atoms with Crippen molar-refractivity contribution in [1.29, 1.82) is 0 Å². The smallest absolute Gasteiger partial charge is 0.223 e. The van der Waals surface area contributed by atoms with E-state index in [0.29, 0.717) is 11.3 Å². The number of carbonyl (C=O) groups is 1. The molecule has 0 aliphatic heterocycles. The Balaban J connectivity index is 1.81. The molecule has 0 radical (unpaired) electrons. The lowest BCUT2D eigenvalue weighted by Gasteiger charge is -2.15. The lowest BCUT2D eigenvalue weighted by molar-refractivity contribution is -0.122. The Hall–Kier alpha value is -2.43. The summed E-state index contributed by atoms with van der Waals surface area (Å²) in [5.74, 6) is -1.33. The van der Waals surface area contributed by atoms with Crippen LogP contribution in [0.1, 0.15) is 30.5 Å². The van der Waals surface area contributed by atoms with E-state index in [9.17, 15) is 13.6 Å². The summed E-state index contributed by atoms with van der Waals surface area (Å²) in [6.07, 6.45) is 0.182. The number of carbonyl (C=O) groups excluding carboxylic acids is 1. The maximum absolute atomic E-state index is 13.2. The summed E-state index contributed by atoms with van der Waals surface area (Å²) < 4.78 is 31.6. The highest BCUT2D eigenvalue weighted by Crippen LogP contribution is 2.16. The topological polar surface area (TPSA) is 38.3 Å². The molecule has 0 saturated carbocycles. The van der Waals surface area contributed by atoms with E-state index < -0.39 is 17.7 Å². The molecule has 122 valence electrons. The molecule has 0 saturated heterocycles. The Kier molecular flexibility index (Phi) is 5.68. The van der Waals surface area contributed by atoms with Crippen LogP contribution in [0.5, 0.6) is 5.75 Å². The monoisotopic (exact) mass is 319 g/mol. The minimum absolute atomic E-state index is 0.182. The minimum atomic E-state index is -0.925. The van der Waals surface area contributed by atoms with Gasteiger partial charge in [-0.25, -0.2) is 8.78 Å². The van der Waals surface area contributed by atoms with Crippen molar-refractivity contribution in [2.45, 2.75) is 26.3 Å². The van der Waals surface area contributed by atoms with Crippen LogP contribution < -0.4 is 10.1 Å². The third-order valence-electron chi connectivity index (χ3n) is 3.41. The molecule has 0 heterocycles. The van der Waals surface area contributed by atoms with Crippen LogP contribution >= 0.6 is 0 Å². The van der Waals surface area contributed by atoms with Gasteiger partial charge in [0.25, 0.3) is 0 Å². The van der Waals surface area contributed by atoms with E-state index in [1.54, 1.807) is 6.92 Å². The van der Waals surface area contributed by atoms with Crippen molar-refractivity contribution in [3.05, 3.63) is 65.2 Å². The Morgan fingerprint density at radius 3 is 2.65 bits per heavy atom. The molecular formula is C18H19F2NO2. The summed E-state index contributed by atoms with van der Waals surface area (Å²) >= 11 is 0. The maximum atomic E-state index is 13.2. The van der Waals surface area contributed by atoms with Gasteiger partial charge in [-0.05, 0) is 49.2 Å². The van der Waals surface area contributed by atoms with Crippen LogP contribution in [-0.4, -0.2) is 12.5 Å². The second-order valence-corrected chi connectivity index (χ2v) is 5.38. The third kappa shape index (κ3) is 5.06. The van der Waals surface area contributed by atoms with Crippen LogP contribution in [0.25, 0.3) is 0 Å². The van der Waals surface area contributed by atoms with E-state index in [0.717, 1.165) is 17.7 Å². The Labute approximate surface area is 134 Å². The predicted octanol–water partition coefficient (Wildman–Crippen LogP) is 3.92. The summed E-state index contributed by atoms with van der Waals surface area (Å²) in [4.78, 5) is 11.9. The maximum Gasteiger partial charge on any atom is 0.223 e. The highest BCUT2D eigenvalue weighted by atomic mass is 19.2. The van der Waals surface area contributed by atoms with E-state index in [2.05, 4.69) is 5.32 Å². The number of rotatable bonds is 6. The number of aryl methyl sites for hydroxylation is 1. The van der Waals surface area contributed by atoms with Crippen LogP contribution in [0.2, 0.25) is 0 Å². The Bertz CT molecular complexity index is 688. The molecule has 0 aromatic heterocycles. The summed E-state index contributed by atoms with van der Waals surface area (Å²) in [5.41, 5.74) is 1.59. The molecule has 1 amide bonds. The first-order valence-corrected chi connectivity index (χ1v) is 7.39. The van der Waals surface area contributed by atoms with E-state index in [4.69, 9.17) is 4.74 Å². The van der Waals surface area contributed by atoms with Gasteiger partial charge in [-0.2, -0.15) is 0 Å². The first kappa shape index (κ1) is 16.9. The molecule has 0 bridgehead atoms. The van der Waals surface area contributed by atoms with E-state index >= 15 is 0 Å². The van der Waals surface area contributed by atoms with Crippen LogP contribution in [0, 0.1) is 18.6 Å². The molecule has 1 unspecified atom stereocenters. The van der Waals surface area contributed by atoms with Crippen LogP contribution in [0.15, 0.2) is 42.5 Å². The SMILES string of the molecule is Cc1cccc(OCCC(=O)NC(C)c2ccc(F)c(F)c2)c1. The largest absolute Gasteiger partial charge is 0.493 e. The molecule has 5 heteroatoms. The van der Waals surface area contributed by atoms with Gasteiger partial charge in [0.15, 0.2) is 11.6 Å². The summed E-state index contributed by atoms with van der Waals surface area (Å²) in [6, 6.07) is 10.7. The minimum Gasteiger partial charge on any atom is -0.493 e. The number of halogens is 2. The average molecular weight is 319 g/mol. The molecule has 1 atom stereocenters. The molecular weight excluding hydrogens is 300 g/mol. The highest BCUT2D eigenvalue weighted by Gasteiger charge is 2.12. The third-order valence-corrected chi connectivity index (χ3v) is 3.41. The molecule has 0 aliphatic carbocycles. The molecule has 0 spiro atoms. The zero-order valence-corrected chi connectivity index (χ0v) is 13.1. The first-order valence-electron chi connectivity index (χ1n) is 7.39. The van der Waals surface area contributed by atoms with Crippen molar-refractivity contribution in [2.75, 3.05) is 6.61 Å². The van der Waals surface area contributed by atoms with Gasteiger partial charge < -0.3 is 10.1 Å². The zero-order valence-electron chi connectivity index (χ0n) is 13.1. The van der Waals surface area contributed by atoms with Gasteiger partial charge in [-0.15, -0.1) is 0 Å². The Morgan fingerprint density at radius 2 is 1.96 bits per heavy atom. The summed E-state index contributed by atoms with van der Waals surface area (Å²) in [7, 11) is 0. The summed E-state index contributed by atoms with van der Waals surface area (Å²) in [6.45, 7) is 3.93. The van der Waals surface area contributed by atoms with Gasteiger partial charge in [-0.3, -0.25) is 4.79 Å². The quantitative estimate of drug-likeness (QED) is 0.876. The number of benzene rings is 2. The fourth-order valence-corrected chi connectivity index (χ4v) is 2.15. The molecule has 2 rings (SSSR count). The summed E-state index contributed by atoms with van der Waals surface area (Å²) in [5, 5.41) is 2.73. The lowest BCUT2D eigenvalue weighted by Crippen LogP contribution is -2.28. The normalized spacial score (nSPS) is 11.8. The second kappa shape index (κ2) is 7.72. The molecule has 2 aromatic carbocycles. The Morgan fingerprint density at radius 1 is 1.17 bits per heavy atom. The average Bonchev–Trinajstić information content (AvgIpc) is 2.50. The highest BCUT2D eigenvalue weighted by molar-refractivity contribution is 5.76. The number of nitrogens with one attached hydrogen (secondary N) is 1. The van der Waals surface area contributed by atoms with Crippen LogP contribution in [0.3, 0.4) is 0 Å². The van der Waals surface area contributed by atoms with Gasteiger partial charge in [0.1, 0.15) is 5.75 Å². The number of ether oxygens (including phenoxy) is 1. The van der Waals surface area contributed by atoms with Crippen molar-refractivity contribution >= 4 is 5.91 Å². The molecule has 23 heavy (non-hydrogen) atoms. The van der Waals surface area contributed by atoms with E-state index in [-0.39, 0.29) is 18.9 Å². The van der Waals surface area contributed by atoms with Crippen LogP contribution in [0.4, 0.5) is 8.78 Å². The van der Waals surface area contributed by atoms with Crippen molar-refractivity contribution in [3.63, 3.8) is 0 Å². The lowest BCUT2D eigenvalue weighted by atomic mass is 10.1. The number of amides is 1. The van der Waals surface area contributed by atoms with Crippen molar-refractivity contribution < 1.29 is 18.3 Å². The van der Waals surface area contributed by atoms with Crippen LogP contribution in [-0.2, 0) is 4.79 Å². The molecule has 0 aliphatic rings. The standard InChI is InChI=1S/C18H19F2NO2/c1-12-4-3-5-15(10-12)23-9-8-18(22)21-13(2)14-6-7-16(19)17(20)11-14/h3-7,10-11,13H,8-9H2,1-2H3,(H,21,22). The van der Waals surface area contributed by atoms with Gasteiger partial charge in [-0.1, -0.05) is 18.2 Å². The molecule has 2 aromatic rings. The fraction of sp³-hybridized carbons (Fsp3) is 0.278. The second-order valence-electron chi connectivity index (χ2n) is 5.38. The van der Waals surface area contributed by atoms with E-state index in [1.807, 2.05) is 31.2 Å². The fourth-order valence-electron chi connectivity index (χ4n) is 2.15. The molecule has 3 nitrogen and oxygen atoms in total. The van der Waals surface area contributed by atoms with Crippen molar-refractivity contribution in [3.8, 4) is 5.75 Å². The van der Waals surface area contributed by atoms with E-state index in [1.165, 1.54) is 6.07 Å².